The lowest BCUT2D eigenvalue weighted by Gasteiger charge is -2.25. The van der Waals surface area contributed by atoms with Gasteiger partial charge in [-0.3, -0.25) is 9.59 Å². The fraction of sp³-hybridized carbons (Fsp3) is 0.529. The second-order valence-corrected chi connectivity index (χ2v) is 6.84. The van der Waals surface area contributed by atoms with Gasteiger partial charge in [-0.2, -0.15) is 0 Å². The molecule has 120 valence electrons. The van der Waals surface area contributed by atoms with Gasteiger partial charge in [0.25, 0.3) is 0 Å². The van der Waals surface area contributed by atoms with Crippen molar-refractivity contribution in [2.45, 2.75) is 44.6 Å². The monoisotopic (exact) mass is 307 g/mol. The molecule has 1 amide bonds. The predicted molar refractivity (Wildman–Crippen MR) is 80.8 cm³/mol. The van der Waals surface area contributed by atoms with Gasteiger partial charge < -0.3 is 9.64 Å². The van der Waals surface area contributed by atoms with Crippen LogP contribution < -0.4 is 0 Å². The van der Waals surface area contributed by atoms with Crippen molar-refractivity contribution >= 4 is 11.9 Å². The molecular weight excluding hydrogens is 285 g/mol. The highest BCUT2D eigenvalue weighted by molar-refractivity contribution is 5.93. The maximum atomic E-state index is 13.0. The number of amides is 1. The highest BCUT2D eigenvalue weighted by Gasteiger charge is 2.52. The first-order chi connectivity index (χ1) is 10.1. The molecule has 0 bridgehead atoms. The summed E-state index contributed by atoms with van der Waals surface area (Å²) in [6.45, 7) is 5.27. The number of halogens is 1. The van der Waals surface area contributed by atoms with Crippen LogP contribution in [0.25, 0.3) is 0 Å². The quantitative estimate of drug-likeness (QED) is 0.803. The van der Waals surface area contributed by atoms with Gasteiger partial charge in [0, 0.05) is 7.05 Å². The molecule has 0 saturated heterocycles. The Kier molecular flexibility index (Phi) is 4.27. The molecule has 1 fully saturated rings. The second-order valence-electron chi connectivity index (χ2n) is 6.84. The van der Waals surface area contributed by atoms with Gasteiger partial charge in [-0.1, -0.05) is 12.1 Å². The van der Waals surface area contributed by atoms with Crippen LogP contribution >= 0.6 is 0 Å². The van der Waals surface area contributed by atoms with E-state index in [2.05, 4.69) is 0 Å². The van der Waals surface area contributed by atoms with Crippen molar-refractivity contribution in [2.24, 2.45) is 0 Å². The minimum atomic E-state index is -0.607. The lowest BCUT2D eigenvalue weighted by atomic mass is 9.94. The molecule has 1 aliphatic rings. The summed E-state index contributed by atoms with van der Waals surface area (Å²) in [5.41, 5.74) is -0.380. The number of esters is 1. The van der Waals surface area contributed by atoms with Gasteiger partial charge in [-0.25, -0.2) is 4.39 Å². The molecule has 0 radical (unpaired) electrons. The summed E-state index contributed by atoms with van der Waals surface area (Å²) in [6, 6.07) is 6.00. The molecule has 1 saturated carbocycles. The third-order valence-electron chi connectivity index (χ3n) is 3.69. The zero-order chi connectivity index (χ0) is 16.5. The van der Waals surface area contributed by atoms with Crippen molar-refractivity contribution < 1.29 is 18.7 Å². The van der Waals surface area contributed by atoms with Gasteiger partial charge in [0.15, 0.2) is 0 Å². The lowest BCUT2D eigenvalue weighted by Crippen LogP contribution is -2.41. The zero-order valence-corrected chi connectivity index (χ0v) is 13.5. The van der Waals surface area contributed by atoms with E-state index < -0.39 is 17.0 Å². The van der Waals surface area contributed by atoms with E-state index in [1.807, 2.05) is 0 Å². The largest absolute Gasteiger partial charge is 0.459 e. The Morgan fingerprint density at radius 3 is 2.23 bits per heavy atom. The van der Waals surface area contributed by atoms with Crippen molar-refractivity contribution in [3.63, 3.8) is 0 Å². The minimum absolute atomic E-state index is 0.0843. The fourth-order valence-corrected chi connectivity index (χ4v) is 2.52. The number of nitrogens with zero attached hydrogens (tertiary/aromatic N) is 1. The SMILES string of the molecule is CN(CC(=O)OC(C)(C)C)C(=O)C1(c2ccc(F)cc2)CC1. The van der Waals surface area contributed by atoms with Crippen LogP contribution in [0.4, 0.5) is 4.39 Å². The summed E-state index contributed by atoms with van der Waals surface area (Å²) in [6.07, 6.45) is 1.44. The Morgan fingerprint density at radius 2 is 1.77 bits per heavy atom. The Labute approximate surface area is 130 Å². The summed E-state index contributed by atoms with van der Waals surface area (Å²) in [5.74, 6) is -0.877. The van der Waals surface area contributed by atoms with Crippen molar-refractivity contribution in [1.29, 1.82) is 0 Å². The topological polar surface area (TPSA) is 46.6 Å². The van der Waals surface area contributed by atoms with E-state index in [9.17, 15) is 14.0 Å². The van der Waals surface area contributed by atoms with Crippen LogP contribution in [0.2, 0.25) is 0 Å². The Morgan fingerprint density at radius 1 is 1.23 bits per heavy atom. The first-order valence-electron chi connectivity index (χ1n) is 7.37. The molecule has 0 aliphatic heterocycles. The number of hydrogen-bond acceptors (Lipinski definition) is 3. The molecule has 2 rings (SSSR count). The second kappa shape index (κ2) is 5.71. The molecule has 0 N–H and O–H groups in total. The molecule has 0 atom stereocenters. The first kappa shape index (κ1) is 16.5. The summed E-state index contributed by atoms with van der Waals surface area (Å²) < 4.78 is 18.3. The van der Waals surface area contributed by atoms with Crippen LogP contribution in [0.5, 0.6) is 0 Å². The number of rotatable bonds is 4. The number of ether oxygens (including phenoxy) is 1. The van der Waals surface area contributed by atoms with Crippen LogP contribution in [0.15, 0.2) is 24.3 Å². The van der Waals surface area contributed by atoms with Crippen molar-refractivity contribution in [3.8, 4) is 0 Å². The normalized spacial score (nSPS) is 16.0. The molecule has 0 unspecified atom stereocenters. The highest BCUT2D eigenvalue weighted by atomic mass is 19.1. The number of benzene rings is 1. The van der Waals surface area contributed by atoms with Crippen molar-refractivity contribution in [2.75, 3.05) is 13.6 Å². The third kappa shape index (κ3) is 3.64. The molecule has 1 aromatic carbocycles. The molecule has 1 aliphatic carbocycles. The number of carbonyl (C=O) groups excluding carboxylic acids is 2. The van der Waals surface area contributed by atoms with Gasteiger partial charge in [0.1, 0.15) is 18.0 Å². The predicted octanol–water partition coefficient (Wildman–Crippen LogP) is 2.66. The van der Waals surface area contributed by atoms with E-state index >= 15 is 0 Å². The van der Waals surface area contributed by atoms with Gasteiger partial charge in [-0.05, 0) is 51.3 Å². The van der Waals surface area contributed by atoms with Crippen molar-refractivity contribution in [1.82, 2.24) is 4.90 Å². The van der Waals surface area contributed by atoms with E-state index in [1.54, 1.807) is 40.0 Å². The number of hydrogen-bond donors (Lipinski definition) is 0. The van der Waals surface area contributed by atoms with Gasteiger partial charge >= 0.3 is 5.97 Å². The summed E-state index contributed by atoms with van der Waals surface area (Å²) in [4.78, 5) is 25.9. The number of carbonyl (C=O) groups is 2. The third-order valence-corrected chi connectivity index (χ3v) is 3.69. The molecule has 0 heterocycles. The number of likely N-dealkylation sites (N-methyl/N-ethyl adjacent to an activating group) is 1. The van der Waals surface area contributed by atoms with E-state index in [0.717, 1.165) is 18.4 Å². The Bertz CT molecular complexity index is 571. The average molecular weight is 307 g/mol. The average Bonchev–Trinajstić information content (AvgIpc) is 3.17. The van der Waals surface area contributed by atoms with E-state index in [4.69, 9.17) is 4.74 Å². The maximum Gasteiger partial charge on any atom is 0.326 e. The van der Waals surface area contributed by atoms with Crippen LogP contribution in [-0.4, -0.2) is 36.0 Å². The molecule has 5 heteroatoms. The van der Waals surface area contributed by atoms with Crippen LogP contribution in [-0.2, 0) is 19.7 Å². The molecule has 0 spiro atoms. The lowest BCUT2D eigenvalue weighted by molar-refractivity contribution is -0.158. The Hall–Kier alpha value is -1.91. The molecule has 1 aromatic rings. The van der Waals surface area contributed by atoms with E-state index in [0.29, 0.717) is 0 Å². The minimum Gasteiger partial charge on any atom is -0.459 e. The zero-order valence-electron chi connectivity index (χ0n) is 13.5. The molecule has 4 nitrogen and oxygen atoms in total. The highest BCUT2D eigenvalue weighted by Crippen LogP contribution is 2.49. The van der Waals surface area contributed by atoms with Crippen LogP contribution in [0.3, 0.4) is 0 Å². The maximum absolute atomic E-state index is 13.0. The van der Waals surface area contributed by atoms with E-state index in [1.165, 1.54) is 17.0 Å². The van der Waals surface area contributed by atoms with E-state index in [-0.39, 0.29) is 18.3 Å². The molecule has 0 aromatic heterocycles. The first-order valence-corrected chi connectivity index (χ1v) is 7.37. The van der Waals surface area contributed by atoms with Crippen molar-refractivity contribution in [3.05, 3.63) is 35.6 Å². The Balaban J connectivity index is 2.04. The molecule has 22 heavy (non-hydrogen) atoms. The standard InChI is InChI=1S/C17H22FNO3/c1-16(2,3)22-14(20)11-19(4)15(21)17(9-10-17)12-5-7-13(18)8-6-12/h5-8H,9-11H2,1-4H3. The fourth-order valence-electron chi connectivity index (χ4n) is 2.52. The van der Waals surface area contributed by atoms with Gasteiger partial charge in [0.05, 0.1) is 5.41 Å². The summed E-state index contributed by atoms with van der Waals surface area (Å²) in [5, 5.41) is 0. The van der Waals surface area contributed by atoms with Crippen LogP contribution in [0.1, 0.15) is 39.2 Å². The summed E-state index contributed by atoms with van der Waals surface area (Å²) >= 11 is 0. The smallest absolute Gasteiger partial charge is 0.326 e. The summed E-state index contributed by atoms with van der Waals surface area (Å²) in [7, 11) is 1.59. The van der Waals surface area contributed by atoms with Gasteiger partial charge in [0.2, 0.25) is 5.91 Å². The van der Waals surface area contributed by atoms with Crippen LogP contribution in [0, 0.1) is 5.82 Å². The molecular formula is C17H22FNO3. The van der Waals surface area contributed by atoms with Gasteiger partial charge in [-0.15, -0.1) is 0 Å².